The molecule has 0 fully saturated rings. The lowest BCUT2D eigenvalue weighted by molar-refractivity contribution is 0.526. The largest absolute Gasteiger partial charge is 0.316 e. The Balaban J connectivity index is 1.62. The summed E-state index contributed by atoms with van der Waals surface area (Å²) in [6.07, 6.45) is 20.1. The Kier molecular flexibility index (Phi) is 7.31. The number of fused-ring (bicyclic) bond motifs is 5. The molecule has 2 aliphatic rings. The maximum atomic E-state index is 5.52. The van der Waals surface area contributed by atoms with Gasteiger partial charge >= 0.3 is 0 Å². The summed E-state index contributed by atoms with van der Waals surface area (Å²) in [5.41, 5.74) is 11.0. The van der Waals surface area contributed by atoms with Crippen LogP contribution in [0.2, 0.25) is 0 Å². The molecule has 0 radical (unpaired) electrons. The minimum Gasteiger partial charge on any atom is -0.316 e. The van der Waals surface area contributed by atoms with Crippen molar-refractivity contribution in [3.05, 3.63) is 149 Å². The van der Waals surface area contributed by atoms with Crippen molar-refractivity contribution >= 4 is 56.7 Å². The summed E-state index contributed by atoms with van der Waals surface area (Å²) in [6, 6.07) is 19.6. The Bertz CT molecular complexity index is 2230. The van der Waals surface area contributed by atoms with Crippen LogP contribution in [0.4, 0.5) is 0 Å². The zero-order chi connectivity index (χ0) is 30.4. The molecule has 44 heavy (non-hydrogen) atoms. The number of pyridine rings is 1. The quantitative estimate of drug-likeness (QED) is 0.140. The molecule has 5 aromatic rings. The number of hydrogen-bond donors (Lipinski definition) is 0. The molecule has 216 valence electrons. The summed E-state index contributed by atoms with van der Waals surface area (Å²) < 4.78 is 2.49. The Morgan fingerprint density at radius 2 is 1.86 bits per heavy atom. The maximum absolute atomic E-state index is 5.52. The number of allylic oxidation sites excluding steroid dienone is 6. The van der Waals surface area contributed by atoms with E-state index < -0.39 is 0 Å². The first kappa shape index (κ1) is 28.1. The van der Waals surface area contributed by atoms with Crippen molar-refractivity contribution in [2.24, 2.45) is 4.99 Å². The second kappa shape index (κ2) is 11.4. The van der Waals surface area contributed by atoms with Crippen LogP contribution in [-0.2, 0) is 6.42 Å². The van der Waals surface area contributed by atoms with Crippen LogP contribution in [-0.4, -0.2) is 15.8 Å². The average molecular weight is 590 g/mol. The van der Waals surface area contributed by atoms with Crippen LogP contribution in [0.1, 0.15) is 60.1 Å². The molecule has 0 saturated carbocycles. The fraction of sp³-hybridized carbons (Fsp3) is 0.150. The van der Waals surface area contributed by atoms with Gasteiger partial charge in [-0.25, -0.2) is 0 Å². The predicted octanol–water partition coefficient (Wildman–Crippen LogP) is 9.06. The molecule has 1 aliphatic heterocycles. The van der Waals surface area contributed by atoms with E-state index in [9.17, 15) is 0 Å². The van der Waals surface area contributed by atoms with Crippen LogP contribution in [0.15, 0.2) is 114 Å². The lowest BCUT2D eigenvalue weighted by atomic mass is 9.86. The van der Waals surface area contributed by atoms with Crippen molar-refractivity contribution in [1.29, 1.82) is 0 Å². The Labute approximate surface area is 263 Å². The summed E-state index contributed by atoms with van der Waals surface area (Å²) in [7, 11) is 0. The molecule has 0 amide bonds. The summed E-state index contributed by atoms with van der Waals surface area (Å²) in [5, 5.41) is 6.06. The summed E-state index contributed by atoms with van der Waals surface area (Å²) in [6.45, 7) is 12.5. The summed E-state index contributed by atoms with van der Waals surface area (Å²) >= 11 is 1.81. The standard InChI is InChI=1S/C40H35N3S/c1-6-9-10-16-25(4)36-29-18-11-12-19-30(29)38-27(8-3)34(15-7-2)43(39(38)40(36)44-5)35-24-31-28-20-14-22-41-33(28)23-26-17-13-21-32(42-35)37(26)31/h6-22,35H,1,3,23-24H2,2,4-5H3/b10-9-,15-7-,25-16+. The fourth-order valence-corrected chi connectivity index (χ4v) is 8.06. The predicted molar refractivity (Wildman–Crippen MR) is 189 cm³/mol. The summed E-state index contributed by atoms with van der Waals surface area (Å²) in [4.78, 5) is 11.6. The van der Waals surface area contributed by atoms with E-state index in [4.69, 9.17) is 9.98 Å². The molecular formula is C40H35N3S. The van der Waals surface area contributed by atoms with Gasteiger partial charge in [0.15, 0.2) is 0 Å². The third-order valence-electron chi connectivity index (χ3n) is 8.89. The van der Waals surface area contributed by atoms with Gasteiger partial charge in [-0.15, -0.1) is 11.8 Å². The van der Waals surface area contributed by atoms with Crippen LogP contribution < -0.4 is 10.6 Å². The van der Waals surface area contributed by atoms with E-state index >= 15 is 0 Å². The van der Waals surface area contributed by atoms with E-state index in [1.54, 1.807) is 0 Å². The number of nitrogens with zero attached hydrogens (tertiary/aromatic N) is 3. The maximum Gasteiger partial charge on any atom is 0.130 e. The third-order valence-corrected chi connectivity index (χ3v) is 9.69. The van der Waals surface area contributed by atoms with Crippen molar-refractivity contribution in [3.63, 3.8) is 0 Å². The molecule has 0 bridgehead atoms. The monoisotopic (exact) mass is 589 g/mol. The second-order valence-corrected chi connectivity index (χ2v) is 12.1. The normalized spacial score (nSPS) is 16.0. The molecule has 1 unspecified atom stereocenters. The average Bonchev–Trinajstić information content (AvgIpc) is 3.38. The molecule has 0 N–H and O–H groups in total. The zero-order valence-electron chi connectivity index (χ0n) is 25.5. The first-order valence-electron chi connectivity index (χ1n) is 15.1. The molecule has 0 spiro atoms. The highest BCUT2D eigenvalue weighted by atomic mass is 32.2. The van der Waals surface area contributed by atoms with Gasteiger partial charge in [0.25, 0.3) is 0 Å². The lowest BCUT2D eigenvalue weighted by Crippen LogP contribution is -2.39. The number of rotatable bonds is 7. The van der Waals surface area contributed by atoms with Gasteiger partial charge in [0.2, 0.25) is 0 Å². The zero-order valence-corrected chi connectivity index (χ0v) is 26.3. The minimum atomic E-state index is -0.133. The van der Waals surface area contributed by atoms with E-state index in [0.29, 0.717) is 0 Å². The highest BCUT2D eigenvalue weighted by Crippen LogP contribution is 2.47. The van der Waals surface area contributed by atoms with Crippen molar-refractivity contribution in [1.82, 2.24) is 9.55 Å². The minimum absolute atomic E-state index is 0.133. The van der Waals surface area contributed by atoms with Crippen LogP contribution in [0.25, 0.3) is 45.0 Å². The number of thioether (sulfide) groups is 1. The highest BCUT2D eigenvalue weighted by Gasteiger charge is 2.30. The van der Waals surface area contributed by atoms with Gasteiger partial charge in [0.1, 0.15) is 6.17 Å². The molecule has 3 aromatic carbocycles. The van der Waals surface area contributed by atoms with Crippen LogP contribution in [0, 0.1) is 0 Å². The van der Waals surface area contributed by atoms with E-state index in [1.807, 2.05) is 36.2 Å². The van der Waals surface area contributed by atoms with E-state index in [1.165, 1.54) is 59.6 Å². The summed E-state index contributed by atoms with van der Waals surface area (Å²) in [5.74, 6) is 0. The molecule has 1 atom stereocenters. The van der Waals surface area contributed by atoms with Crippen molar-refractivity contribution < 1.29 is 0 Å². The van der Waals surface area contributed by atoms with Gasteiger partial charge in [-0.1, -0.05) is 92.1 Å². The third kappa shape index (κ3) is 4.28. The van der Waals surface area contributed by atoms with Gasteiger partial charge in [-0.05, 0) is 65.8 Å². The molecule has 4 heteroatoms. The lowest BCUT2D eigenvalue weighted by Gasteiger charge is -2.28. The van der Waals surface area contributed by atoms with E-state index in [0.717, 1.165) is 35.2 Å². The Hall–Kier alpha value is -4.67. The van der Waals surface area contributed by atoms with Gasteiger partial charge in [-0.3, -0.25) is 9.98 Å². The Morgan fingerprint density at radius 3 is 2.64 bits per heavy atom. The molecule has 3 nitrogen and oxygen atoms in total. The first-order chi connectivity index (χ1) is 21.6. The number of benzene rings is 3. The topological polar surface area (TPSA) is 30.2 Å². The van der Waals surface area contributed by atoms with Crippen molar-refractivity contribution in [2.75, 3.05) is 6.26 Å². The van der Waals surface area contributed by atoms with Crippen LogP contribution in [0.3, 0.4) is 0 Å². The van der Waals surface area contributed by atoms with Gasteiger partial charge in [0, 0.05) is 51.2 Å². The van der Waals surface area contributed by atoms with Gasteiger partial charge < -0.3 is 4.57 Å². The molecule has 3 heterocycles. The smallest absolute Gasteiger partial charge is 0.130 e. The Morgan fingerprint density at radius 1 is 1.02 bits per heavy atom. The van der Waals surface area contributed by atoms with Crippen LogP contribution >= 0.6 is 11.8 Å². The van der Waals surface area contributed by atoms with Gasteiger partial charge in [-0.2, -0.15) is 0 Å². The van der Waals surface area contributed by atoms with Gasteiger partial charge in [0.05, 0.1) is 22.3 Å². The van der Waals surface area contributed by atoms with E-state index in [-0.39, 0.29) is 6.17 Å². The second-order valence-electron chi connectivity index (χ2n) is 11.3. The molecule has 2 aromatic heterocycles. The van der Waals surface area contributed by atoms with E-state index in [2.05, 4.69) is 117 Å². The fourth-order valence-electron chi connectivity index (χ4n) is 7.19. The molecule has 0 saturated heterocycles. The first-order valence-corrected chi connectivity index (χ1v) is 16.3. The number of aromatic nitrogens is 2. The molecule has 1 aliphatic carbocycles. The molecule has 7 rings (SSSR count). The SMILES string of the molecule is C=C/C=C\C=C(/C)c1c(SC)c2c(c(C=C)c(/C=C\C)n2C2CC3=c4c(cccc4=N2)Cc2ncccc23)c2ccccc12. The van der Waals surface area contributed by atoms with Crippen molar-refractivity contribution in [3.8, 4) is 0 Å². The van der Waals surface area contributed by atoms with Crippen LogP contribution in [0.5, 0.6) is 0 Å². The number of hydrogen-bond acceptors (Lipinski definition) is 3. The molecular weight excluding hydrogens is 555 g/mol. The van der Waals surface area contributed by atoms with Crippen molar-refractivity contribution in [2.45, 2.75) is 37.8 Å². The highest BCUT2D eigenvalue weighted by molar-refractivity contribution is 7.99.